The molecular formula is C15H20N2OS2. The summed E-state index contributed by atoms with van der Waals surface area (Å²) in [4.78, 5) is 16.3. The van der Waals surface area contributed by atoms with Gasteiger partial charge < -0.3 is 10.2 Å². The lowest BCUT2D eigenvalue weighted by Crippen LogP contribution is -2.37. The van der Waals surface area contributed by atoms with E-state index < -0.39 is 0 Å². The monoisotopic (exact) mass is 308 g/mol. The van der Waals surface area contributed by atoms with Crippen molar-refractivity contribution in [3.63, 3.8) is 0 Å². The fourth-order valence-electron chi connectivity index (χ4n) is 1.91. The molecule has 0 fully saturated rings. The highest BCUT2D eigenvalue weighted by Gasteiger charge is 2.16. The number of nitrogens with one attached hydrogen (secondary N) is 1. The van der Waals surface area contributed by atoms with Gasteiger partial charge in [0, 0.05) is 35.8 Å². The Bertz CT molecular complexity index is 508. The van der Waals surface area contributed by atoms with Crippen LogP contribution in [-0.4, -0.2) is 30.9 Å². The molecule has 0 aliphatic carbocycles. The van der Waals surface area contributed by atoms with E-state index >= 15 is 0 Å². The number of carbonyl (C=O) groups is 1. The van der Waals surface area contributed by atoms with Gasteiger partial charge in [-0.05, 0) is 29.8 Å². The number of nitrogens with zero attached hydrogens (tertiary/aromatic N) is 1. The molecule has 1 amide bonds. The van der Waals surface area contributed by atoms with Crippen molar-refractivity contribution in [1.82, 2.24) is 10.2 Å². The number of hydrogen-bond acceptors (Lipinski definition) is 4. The zero-order valence-electron chi connectivity index (χ0n) is 11.8. The van der Waals surface area contributed by atoms with Crippen LogP contribution >= 0.6 is 22.7 Å². The van der Waals surface area contributed by atoms with Gasteiger partial charge in [-0.15, -0.1) is 22.7 Å². The number of rotatable bonds is 7. The van der Waals surface area contributed by atoms with E-state index in [1.54, 1.807) is 27.6 Å². The topological polar surface area (TPSA) is 32.3 Å². The second-order valence-corrected chi connectivity index (χ2v) is 6.65. The van der Waals surface area contributed by atoms with E-state index in [2.05, 4.69) is 40.3 Å². The maximum absolute atomic E-state index is 11.9. The summed E-state index contributed by atoms with van der Waals surface area (Å²) in [5.74, 6) is 0.139. The standard InChI is InChI=1S/C15H20N2OS2/c1-3-17(2)15(18)11-16-13(14-7-5-9-20-14)10-12-6-4-8-19-12/h4-9,13,16H,3,10-11H2,1-2H3. The van der Waals surface area contributed by atoms with E-state index in [4.69, 9.17) is 0 Å². The molecule has 1 atom stereocenters. The van der Waals surface area contributed by atoms with Crippen molar-refractivity contribution in [2.45, 2.75) is 19.4 Å². The number of likely N-dealkylation sites (N-methyl/N-ethyl adjacent to an activating group) is 1. The Morgan fingerprint density at radius 3 is 2.65 bits per heavy atom. The molecule has 2 aromatic rings. The minimum absolute atomic E-state index is 0.139. The molecule has 108 valence electrons. The van der Waals surface area contributed by atoms with Crippen LogP contribution < -0.4 is 5.32 Å². The molecule has 0 saturated heterocycles. The van der Waals surface area contributed by atoms with Crippen molar-refractivity contribution in [3.8, 4) is 0 Å². The smallest absolute Gasteiger partial charge is 0.236 e. The van der Waals surface area contributed by atoms with Gasteiger partial charge in [-0.3, -0.25) is 4.79 Å². The van der Waals surface area contributed by atoms with E-state index in [1.165, 1.54) is 9.75 Å². The average Bonchev–Trinajstić information content (AvgIpc) is 3.14. The summed E-state index contributed by atoms with van der Waals surface area (Å²) in [5, 5.41) is 7.58. The number of carbonyl (C=O) groups excluding carboxylic acids is 1. The fourth-order valence-corrected chi connectivity index (χ4v) is 3.47. The molecule has 0 aromatic carbocycles. The van der Waals surface area contributed by atoms with Crippen LogP contribution in [0.15, 0.2) is 35.0 Å². The Morgan fingerprint density at radius 2 is 2.05 bits per heavy atom. The van der Waals surface area contributed by atoms with Crippen LogP contribution in [0.4, 0.5) is 0 Å². The first-order valence-corrected chi connectivity index (χ1v) is 8.49. The van der Waals surface area contributed by atoms with Crippen molar-refractivity contribution in [3.05, 3.63) is 44.8 Å². The molecule has 2 heterocycles. The first-order valence-electron chi connectivity index (χ1n) is 6.73. The van der Waals surface area contributed by atoms with E-state index in [1.807, 2.05) is 14.0 Å². The maximum Gasteiger partial charge on any atom is 0.236 e. The van der Waals surface area contributed by atoms with Crippen LogP contribution in [0, 0.1) is 0 Å². The van der Waals surface area contributed by atoms with E-state index in [9.17, 15) is 4.79 Å². The summed E-state index contributed by atoms with van der Waals surface area (Å²) in [6.07, 6.45) is 0.932. The average molecular weight is 308 g/mol. The van der Waals surface area contributed by atoms with Crippen molar-refractivity contribution >= 4 is 28.6 Å². The predicted octanol–water partition coefficient (Wildman–Crippen LogP) is 3.16. The molecule has 0 spiro atoms. The molecule has 3 nitrogen and oxygen atoms in total. The highest BCUT2D eigenvalue weighted by atomic mass is 32.1. The third kappa shape index (κ3) is 4.16. The first-order chi connectivity index (χ1) is 9.70. The number of hydrogen-bond donors (Lipinski definition) is 1. The molecular weight excluding hydrogens is 288 g/mol. The van der Waals surface area contributed by atoms with E-state index in [0.717, 1.165) is 13.0 Å². The van der Waals surface area contributed by atoms with Crippen LogP contribution in [0.25, 0.3) is 0 Å². The quantitative estimate of drug-likeness (QED) is 0.852. The number of amides is 1. The Labute approximate surface area is 128 Å². The summed E-state index contributed by atoms with van der Waals surface area (Å²) < 4.78 is 0. The van der Waals surface area contributed by atoms with E-state index in [0.29, 0.717) is 6.54 Å². The highest BCUT2D eigenvalue weighted by molar-refractivity contribution is 7.10. The molecule has 2 aromatic heterocycles. The summed E-state index contributed by atoms with van der Waals surface area (Å²) in [6, 6.07) is 8.62. The first kappa shape index (κ1) is 15.2. The molecule has 5 heteroatoms. The Morgan fingerprint density at radius 1 is 1.30 bits per heavy atom. The van der Waals surface area contributed by atoms with Crippen molar-refractivity contribution < 1.29 is 4.79 Å². The molecule has 0 aliphatic rings. The van der Waals surface area contributed by atoms with Crippen LogP contribution in [0.2, 0.25) is 0 Å². The summed E-state index contributed by atoms with van der Waals surface area (Å²) in [7, 11) is 1.84. The second kappa shape index (κ2) is 7.57. The normalized spacial score (nSPS) is 12.3. The third-order valence-electron chi connectivity index (χ3n) is 3.27. The molecule has 1 N–H and O–H groups in total. The number of thiophene rings is 2. The van der Waals surface area contributed by atoms with Crippen LogP contribution in [0.1, 0.15) is 22.7 Å². The van der Waals surface area contributed by atoms with Crippen LogP contribution in [-0.2, 0) is 11.2 Å². The zero-order valence-corrected chi connectivity index (χ0v) is 13.5. The van der Waals surface area contributed by atoms with Gasteiger partial charge in [0.25, 0.3) is 0 Å². The van der Waals surface area contributed by atoms with Crippen LogP contribution in [0.3, 0.4) is 0 Å². The molecule has 2 rings (SSSR count). The van der Waals surface area contributed by atoms with Gasteiger partial charge in [0.1, 0.15) is 0 Å². The van der Waals surface area contributed by atoms with Gasteiger partial charge in [0.05, 0.1) is 6.54 Å². The Hall–Kier alpha value is -1.17. The fraction of sp³-hybridized carbons (Fsp3) is 0.400. The SMILES string of the molecule is CCN(C)C(=O)CNC(Cc1cccs1)c1cccs1. The minimum atomic E-state index is 0.139. The zero-order chi connectivity index (χ0) is 14.4. The summed E-state index contributed by atoms with van der Waals surface area (Å²) >= 11 is 3.50. The third-order valence-corrected chi connectivity index (χ3v) is 5.16. The Kier molecular flexibility index (Phi) is 5.76. The highest BCUT2D eigenvalue weighted by Crippen LogP contribution is 2.24. The molecule has 0 bridgehead atoms. The summed E-state index contributed by atoms with van der Waals surface area (Å²) in [6.45, 7) is 3.12. The molecule has 0 radical (unpaired) electrons. The van der Waals surface area contributed by atoms with Gasteiger partial charge in [-0.1, -0.05) is 12.1 Å². The van der Waals surface area contributed by atoms with E-state index in [-0.39, 0.29) is 11.9 Å². The van der Waals surface area contributed by atoms with Gasteiger partial charge in [-0.25, -0.2) is 0 Å². The maximum atomic E-state index is 11.9. The predicted molar refractivity (Wildman–Crippen MR) is 86.4 cm³/mol. The molecule has 0 saturated carbocycles. The second-order valence-electron chi connectivity index (χ2n) is 4.64. The minimum Gasteiger partial charge on any atom is -0.345 e. The molecule has 0 aliphatic heterocycles. The van der Waals surface area contributed by atoms with Crippen molar-refractivity contribution in [1.29, 1.82) is 0 Å². The van der Waals surface area contributed by atoms with Gasteiger partial charge in [0.2, 0.25) is 5.91 Å². The molecule has 1 unspecified atom stereocenters. The van der Waals surface area contributed by atoms with Crippen molar-refractivity contribution in [2.75, 3.05) is 20.1 Å². The molecule has 20 heavy (non-hydrogen) atoms. The lowest BCUT2D eigenvalue weighted by atomic mass is 10.1. The lowest BCUT2D eigenvalue weighted by molar-refractivity contribution is -0.128. The largest absolute Gasteiger partial charge is 0.345 e. The van der Waals surface area contributed by atoms with Gasteiger partial charge >= 0.3 is 0 Å². The lowest BCUT2D eigenvalue weighted by Gasteiger charge is -2.19. The Balaban J connectivity index is 1.98. The van der Waals surface area contributed by atoms with Gasteiger partial charge in [-0.2, -0.15) is 0 Å². The summed E-state index contributed by atoms with van der Waals surface area (Å²) in [5.41, 5.74) is 0. The van der Waals surface area contributed by atoms with Crippen LogP contribution in [0.5, 0.6) is 0 Å². The van der Waals surface area contributed by atoms with Gasteiger partial charge in [0.15, 0.2) is 0 Å². The van der Waals surface area contributed by atoms with Crippen molar-refractivity contribution in [2.24, 2.45) is 0 Å².